The smallest absolute Gasteiger partial charge is 0.251 e. The number of methoxy groups -OCH3 is 2. The summed E-state index contributed by atoms with van der Waals surface area (Å²) in [5, 5.41) is 2.80. The van der Waals surface area contributed by atoms with Gasteiger partial charge in [-0.2, -0.15) is 0 Å². The van der Waals surface area contributed by atoms with E-state index in [1.807, 2.05) is 30.3 Å². The SMILES string of the molecule is COc1ccc(C(=O)NCCOc2ccccc2)cc1OC. The number of carbonyl (C=O) groups is 1. The quantitative estimate of drug-likeness (QED) is 0.798. The number of hydrogen-bond donors (Lipinski definition) is 1. The van der Waals surface area contributed by atoms with Crippen molar-refractivity contribution in [2.45, 2.75) is 0 Å². The molecule has 0 fully saturated rings. The van der Waals surface area contributed by atoms with Crippen LogP contribution in [-0.2, 0) is 0 Å². The third kappa shape index (κ3) is 4.15. The molecule has 0 aliphatic heterocycles. The fourth-order valence-corrected chi connectivity index (χ4v) is 1.93. The second kappa shape index (κ2) is 7.93. The van der Waals surface area contributed by atoms with Gasteiger partial charge in [-0.1, -0.05) is 18.2 Å². The Morgan fingerprint density at radius 3 is 2.41 bits per heavy atom. The summed E-state index contributed by atoms with van der Waals surface area (Å²) in [6.45, 7) is 0.825. The van der Waals surface area contributed by atoms with Crippen LogP contribution < -0.4 is 19.5 Å². The normalized spacial score (nSPS) is 9.91. The van der Waals surface area contributed by atoms with Gasteiger partial charge in [-0.05, 0) is 30.3 Å². The van der Waals surface area contributed by atoms with Crippen molar-refractivity contribution >= 4 is 5.91 Å². The van der Waals surface area contributed by atoms with Crippen LogP contribution in [0.4, 0.5) is 0 Å². The Bertz CT molecular complexity index is 613. The zero-order valence-electron chi connectivity index (χ0n) is 12.7. The average molecular weight is 301 g/mol. The molecule has 0 unspecified atom stereocenters. The van der Waals surface area contributed by atoms with Crippen LogP contribution in [-0.4, -0.2) is 33.3 Å². The van der Waals surface area contributed by atoms with E-state index in [2.05, 4.69) is 5.32 Å². The fourth-order valence-electron chi connectivity index (χ4n) is 1.93. The lowest BCUT2D eigenvalue weighted by molar-refractivity contribution is 0.0946. The Balaban J connectivity index is 1.84. The highest BCUT2D eigenvalue weighted by Crippen LogP contribution is 2.27. The van der Waals surface area contributed by atoms with Gasteiger partial charge in [0, 0.05) is 5.56 Å². The van der Waals surface area contributed by atoms with E-state index >= 15 is 0 Å². The molecule has 0 radical (unpaired) electrons. The Hall–Kier alpha value is -2.69. The summed E-state index contributed by atoms with van der Waals surface area (Å²) in [6.07, 6.45) is 0. The van der Waals surface area contributed by atoms with Crippen molar-refractivity contribution in [3.63, 3.8) is 0 Å². The second-order valence-electron chi connectivity index (χ2n) is 4.49. The first-order valence-corrected chi connectivity index (χ1v) is 6.92. The highest BCUT2D eigenvalue weighted by atomic mass is 16.5. The van der Waals surface area contributed by atoms with Crippen LogP contribution in [0.15, 0.2) is 48.5 Å². The van der Waals surface area contributed by atoms with E-state index in [4.69, 9.17) is 14.2 Å². The Kier molecular flexibility index (Phi) is 5.65. The van der Waals surface area contributed by atoms with Crippen LogP contribution in [0.25, 0.3) is 0 Å². The zero-order valence-corrected chi connectivity index (χ0v) is 12.7. The minimum absolute atomic E-state index is 0.183. The molecule has 2 rings (SSSR count). The predicted octanol–water partition coefficient (Wildman–Crippen LogP) is 2.51. The molecule has 0 aromatic heterocycles. The number of hydrogen-bond acceptors (Lipinski definition) is 4. The van der Waals surface area contributed by atoms with E-state index in [1.165, 1.54) is 7.11 Å². The number of carbonyl (C=O) groups excluding carboxylic acids is 1. The van der Waals surface area contributed by atoms with Crippen molar-refractivity contribution in [3.8, 4) is 17.2 Å². The number of rotatable bonds is 7. The maximum Gasteiger partial charge on any atom is 0.251 e. The molecule has 1 amide bonds. The summed E-state index contributed by atoms with van der Waals surface area (Å²) in [6, 6.07) is 14.5. The first-order valence-electron chi connectivity index (χ1n) is 6.92. The number of ether oxygens (including phenoxy) is 3. The molecule has 2 aromatic carbocycles. The van der Waals surface area contributed by atoms with Crippen LogP contribution in [0.1, 0.15) is 10.4 Å². The molecule has 0 bridgehead atoms. The number of para-hydroxylation sites is 1. The lowest BCUT2D eigenvalue weighted by atomic mass is 10.2. The molecular weight excluding hydrogens is 282 g/mol. The summed E-state index contributed by atoms with van der Waals surface area (Å²) < 4.78 is 15.8. The molecule has 116 valence electrons. The van der Waals surface area contributed by atoms with E-state index in [-0.39, 0.29) is 5.91 Å². The van der Waals surface area contributed by atoms with Gasteiger partial charge in [0.15, 0.2) is 11.5 Å². The van der Waals surface area contributed by atoms with Gasteiger partial charge in [-0.15, -0.1) is 0 Å². The Labute approximate surface area is 129 Å². The van der Waals surface area contributed by atoms with Gasteiger partial charge < -0.3 is 19.5 Å². The van der Waals surface area contributed by atoms with E-state index in [9.17, 15) is 4.79 Å². The highest BCUT2D eigenvalue weighted by Gasteiger charge is 2.10. The van der Waals surface area contributed by atoms with Crippen molar-refractivity contribution in [1.29, 1.82) is 0 Å². The van der Waals surface area contributed by atoms with Gasteiger partial charge in [-0.3, -0.25) is 4.79 Å². The molecule has 0 saturated carbocycles. The summed E-state index contributed by atoms with van der Waals surface area (Å²) in [4.78, 5) is 12.1. The van der Waals surface area contributed by atoms with Crippen molar-refractivity contribution in [3.05, 3.63) is 54.1 Å². The monoisotopic (exact) mass is 301 g/mol. The first kappa shape index (κ1) is 15.7. The van der Waals surface area contributed by atoms with E-state index in [0.29, 0.717) is 30.2 Å². The third-order valence-corrected chi connectivity index (χ3v) is 3.05. The van der Waals surface area contributed by atoms with Crippen molar-refractivity contribution in [2.75, 3.05) is 27.4 Å². The van der Waals surface area contributed by atoms with Crippen LogP contribution in [0.3, 0.4) is 0 Å². The minimum atomic E-state index is -0.183. The van der Waals surface area contributed by atoms with Crippen molar-refractivity contribution in [2.24, 2.45) is 0 Å². The van der Waals surface area contributed by atoms with Gasteiger partial charge in [-0.25, -0.2) is 0 Å². The fraction of sp³-hybridized carbons (Fsp3) is 0.235. The molecule has 5 nitrogen and oxygen atoms in total. The Morgan fingerprint density at radius 2 is 1.73 bits per heavy atom. The molecule has 0 aliphatic rings. The van der Waals surface area contributed by atoms with E-state index < -0.39 is 0 Å². The Morgan fingerprint density at radius 1 is 1.00 bits per heavy atom. The molecule has 0 aliphatic carbocycles. The largest absolute Gasteiger partial charge is 0.493 e. The van der Waals surface area contributed by atoms with Gasteiger partial charge in [0.1, 0.15) is 12.4 Å². The molecule has 22 heavy (non-hydrogen) atoms. The first-order chi connectivity index (χ1) is 10.7. The summed E-state index contributed by atoms with van der Waals surface area (Å²) in [7, 11) is 3.09. The highest BCUT2D eigenvalue weighted by molar-refractivity contribution is 5.94. The maximum atomic E-state index is 12.1. The molecule has 0 saturated heterocycles. The van der Waals surface area contributed by atoms with Gasteiger partial charge in [0.05, 0.1) is 20.8 Å². The molecular formula is C17H19NO4. The topological polar surface area (TPSA) is 56.8 Å². The zero-order chi connectivity index (χ0) is 15.8. The van der Waals surface area contributed by atoms with Crippen LogP contribution in [0.2, 0.25) is 0 Å². The number of benzene rings is 2. The molecule has 2 aromatic rings. The average Bonchev–Trinajstić information content (AvgIpc) is 2.58. The predicted molar refractivity (Wildman–Crippen MR) is 83.8 cm³/mol. The minimum Gasteiger partial charge on any atom is -0.493 e. The summed E-state index contributed by atoms with van der Waals surface area (Å²) in [5.74, 6) is 1.71. The molecule has 5 heteroatoms. The van der Waals surface area contributed by atoms with Crippen molar-refractivity contribution in [1.82, 2.24) is 5.32 Å². The molecule has 0 atom stereocenters. The van der Waals surface area contributed by atoms with Crippen molar-refractivity contribution < 1.29 is 19.0 Å². The third-order valence-electron chi connectivity index (χ3n) is 3.05. The van der Waals surface area contributed by atoms with Gasteiger partial charge in [0.2, 0.25) is 0 Å². The second-order valence-corrected chi connectivity index (χ2v) is 4.49. The van der Waals surface area contributed by atoms with Gasteiger partial charge >= 0.3 is 0 Å². The lowest BCUT2D eigenvalue weighted by Gasteiger charge is -2.10. The van der Waals surface area contributed by atoms with E-state index in [0.717, 1.165) is 5.75 Å². The lowest BCUT2D eigenvalue weighted by Crippen LogP contribution is -2.28. The summed E-state index contributed by atoms with van der Waals surface area (Å²) in [5.41, 5.74) is 0.511. The molecule has 1 N–H and O–H groups in total. The number of amides is 1. The van der Waals surface area contributed by atoms with E-state index in [1.54, 1.807) is 25.3 Å². The molecule has 0 spiro atoms. The van der Waals surface area contributed by atoms with Gasteiger partial charge in [0.25, 0.3) is 5.91 Å². The van der Waals surface area contributed by atoms with Crippen LogP contribution >= 0.6 is 0 Å². The van der Waals surface area contributed by atoms with Crippen LogP contribution in [0, 0.1) is 0 Å². The maximum absolute atomic E-state index is 12.1. The van der Waals surface area contributed by atoms with Crippen LogP contribution in [0.5, 0.6) is 17.2 Å². The molecule has 0 heterocycles. The standard InChI is InChI=1S/C17H19NO4/c1-20-15-9-8-13(12-16(15)21-2)17(19)18-10-11-22-14-6-4-3-5-7-14/h3-9,12H,10-11H2,1-2H3,(H,18,19). The number of nitrogens with one attached hydrogen (secondary N) is 1. The summed E-state index contributed by atoms with van der Waals surface area (Å²) >= 11 is 0.